The van der Waals surface area contributed by atoms with Crippen LogP contribution >= 0.6 is 0 Å². The molecule has 0 saturated carbocycles. The molecule has 1 rings (SSSR count). The second-order valence-corrected chi connectivity index (χ2v) is 5.25. The quantitative estimate of drug-likeness (QED) is 0.361. The van der Waals surface area contributed by atoms with Gasteiger partial charge in [-0.2, -0.15) is 0 Å². The van der Waals surface area contributed by atoms with Gasteiger partial charge in [0.05, 0.1) is 21.3 Å². The van der Waals surface area contributed by atoms with Crippen molar-refractivity contribution in [3.63, 3.8) is 0 Å². The summed E-state index contributed by atoms with van der Waals surface area (Å²) in [6, 6.07) is 3.81. The average Bonchev–Trinajstić information content (AvgIpc) is 2.65. The Kier molecular flexibility index (Phi) is 10.2. The van der Waals surface area contributed by atoms with E-state index < -0.39 is 0 Å². The van der Waals surface area contributed by atoms with Crippen molar-refractivity contribution < 1.29 is 18.9 Å². The lowest BCUT2D eigenvalue weighted by Gasteiger charge is -2.17. The van der Waals surface area contributed by atoms with Crippen LogP contribution in [0.25, 0.3) is 0 Å². The van der Waals surface area contributed by atoms with Crippen LogP contribution in [0, 0.1) is 0 Å². The normalized spacial score (nSPS) is 11.2. The van der Waals surface area contributed by atoms with E-state index in [0.717, 1.165) is 44.1 Å². The summed E-state index contributed by atoms with van der Waals surface area (Å²) >= 11 is 0. The molecule has 0 aliphatic heterocycles. The fourth-order valence-corrected chi connectivity index (χ4v) is 2.38. The molecule has 0 spiro atoms. The van der Waals surface area contributed by atoms with Gasteiger partial charge in [0.25, 0.3) is 0 Å². The van der Waals surface area contributed by atoms with E-state index >= 15 is 0 Å². The summed E-state index contributed by atoms with van der Waals surface area (Å²) in [6.07, 6.45) is 2.06. The maximum Gasteiger partial charge on any atom is 0.203 e. The van der Waals surface area contributed by atoms with Crippen LogP contribution in [0.5, 0.6) is 17.2 Å². The molecule has 25 heavy (non-hydrogen) atoms. The van der Waals surface area contributed by atoms with Crippen LogP contribution in [0.1, 0.15) is 25.3 Å². The minimum atomic E-state index is 0.558. The molecule has 1 aromatic rings. The van der Waals surface area contributed by atoms with Crippen molar-refractivity contribution in [2.75, 3.05) is 48.1 Å². The summed E-state index contributed by atoms with van der Waals surface area (Å²) in [5.41, 5.74) is 0.958. The highest BCUT2D eigenvalue weighted by Crippen LogP contribution is 2.39. The zero-order valence-corrected chi connectivity index (χ0v) is 16.0. The van der Waals surface area contributed by atoms with E-state index in [1.807, 2.05) is 19.1 Å². The predicted octanol–water partition coefficient (Wildman–Crippen LogP) is 2.19. The monoisotopic (exact) mass is 353 g/mol. The highest BCUT2D eigenvalue weighted by Gasteiger charge is 2.15. The molecule has 0 unspecified atom stereocenters. The number of hydrogen-bond donors (Lipinski definition) is 2. The Morgan fingerprint density at radius 3 is 2.36 bits per heavy atom. The molecule has 0 bridgehead atoms. The summed E-state index contributed by atoms with van der Waals surface area (Å²) in [5.74, 6) is 2.62. The molecule has 0 atom stereocenters. The topological polar surface area (TPSA) is 73.3 Å². The van der Waals surface area contributed by atoms with Crippen molar-refractivity contribution in [2.24, 2.45) is 4.99 Å². The third-order valence-electron chi connectivity index (χ3n) is 3.67. The second kappa shape index (κ2) is 12.2. The van der Waals surface area contributed by atoms with Crippen LogP contribution in [0.15, 0.2) is 17.1 Å². The number of guanidine groups is 1. The van der Waals surface area contributed by atoms with Gasteiger partial charge >= 0.3 is 0 Å². The number of rotatable bonds is 11. The first-order valence-electron chi connectivity index (χ1n) is 8.51. The van der Waals surface area contributed by atoms with Crippen molar-refractivity contribution in [2.45, 2.75) is 26.3 Å². The van der Waals surface area contributed by atoms with Gasteiger partial charge in [0, 0.05) is 38.9 Å². The fourth-order valence-electron chi connectivity index (χ4n) is 2.38. The van der Waals surface area contributed by atoms with Crippen molar-refractivity contribution >= 4 is 5.96 Å². The first kappa shape index (κ1) is 20.9. The van der Waals surface area contributed by atoms with Crippen LogP contribution < -0.4 is 24.8 Å². The van der Waals surface area contributed by atoms with Crippen LogP contribution in [0.3, 0.4) is 0 Å². The molecule has 7 heteroatoms. The average molecular weight is 353 g/mol. The van der Waals surface area contributed by atoms with Gasteiger partial charge in [-0.15, -0.1) is 0 Å². The molecule has 0 heterocycles. The molecular weight excluding hydrogens is 322 g/mol. The number of benzene rings is 1. The van der Waals surface area contributed by atoms with Gasteiger partial charge < -0.3 is 29.6 Å². The van der Waals surface area contributed by atoms with E-state index in [1.165, 1.54) is 0 Å². The zero-order chi connectivity index (χ0) is 18.5. The molecule has 0 aliphatic carbocycles. The van der Waals surface area contributed by atoms with Crippen LogP contribution in [0.4, 0.5) is 0 Å². The lowest BCUT2D eigenvalue weighted by molar-refractivity contribution is 0.143. The number of ether oxygens (including phenoxy) is 4. The van der Waals surface area contributed by atoms with Gasteiger partial charge in [0.1, 0.15) is 0 Å². The lowest BCUT2D eigenvalue weighted by atomic mass is 10.1. The first-order chi connectivity index (χ1) is 12.2. The number of methoxy groups -OCH3 is 3. The minimum Gasteiger partial charge on any atom is -0.493 e. The molecule has 0 aliphatic rings. The summed E-state index contributed by atoms with van der Waals surface area (Å²) in [6.45, 7) is 4.97. The maximum absolute atomic E-state index is 5.49. The Balaban J connectivity index is 2.57. The maximum atomic E-state index is 5.49. The van der Waals surface area contributed by atoms with Crippen molar-refractivity contribution in [3.05, 3.63) is 17.7 Å². The molecule has 0 saturated heterocycles. The van der Waals surface area contributed by atoms with E-state index in [-0.39, 0.29) is 0 Å². The Bertz CT molecular complexity index is 535. The summed E-state index contributed by atoms with van der Waals surface area (Å²) in [4.78, 5) is 4.24. The molecule has 0 radical (unpaired) electrons. The van der Waals surface area contributed by atoms with Gasteiger partial charge in [-0.05, 0) is 31.9 Å². The van der Waals surface area contributed by atoms with Crippen LogP contribution in [-0.4, -0.2) is 54.1 Å². The number of aliphatic imine (C=N–C) groups is 1. The minimum absolute atomic E-state index is 0.558. The second-order valence-electron chi connectivity index (χ2n) is 5.25. The highest BCUT2D eigenvalue weighted by atomic mass is 16.5. The van der Waals surface area contributed by atoms with E-state index in [2.05, 4.69) is 15.6 Å². The number of nitrogens with one attached hydrogen (secondary N) is 2. The van der Waals surface area contributed by atoms with E-state index in [0.29, 0.717) is 23.8 Å². The van der Waals surface area contributed by atoms with Crippen molar-refractivity contribution in [1.29, 1.82) is 0 Å². The first-order valence-corrected chi connectivity index (χ1v) is 8.51. The molecule has 0 fully saturated rings. The Labute approximate surface area is 150 Å². The molecule has 0 aromatic heterocycles. The molecule has 7 nitrogen and oxygen atoms in total. The number of nitrogens with zero attached hydrogens (tertiary/aromatic N) is 1. The van der Waals surface area contributed by atoms with Gasteiger partial charge in [-0.1, -0.05) is 0 Å². The third kappa shape index (κ3) is 6.70. The van der Waals surface area contributed by atoms with Crippen molar-refractivity contribution in [3.8, 4) is 17.2 Å². The predicted molar refractivity (Wildman–Crippen MR) is 100 cm³/mol. The molecule has 2 N–H and O–H groups in total. The van der Waals surface area contributed by atoms with Crippen LogP contribution in [0.2, 0.25) is 0 Å². The smallest absolute Gasteiger partial charge is 0.203 e. The number of unbranched alkanes of at least 4 members (excludes halogenated alkanes) is 1. The standard InChI is InChI=1S/C18H31N3O4/c1-6-25-12-8-7-11-20-18(19-2)21-13-14-9-10-15(22-3)17(24-5)16(14)23-4/h9-10H,6-8,11-13H2,1-5H3,(H2,19,20,21). The number of hydrogen-bond acceptors (Lipinski definition) is 5. The SMILES string of the molecule is CCOCCCCNC(=NC)NCc1ccc(OC)c(OC)c1OC. The largest absolute Gasteiger partial charge is 0.493 e. The van der Waals surface area contributed by atoms with Gasteiger partial charge in [-0.3, -0.25) is 4.99 Å². The summed E-state index contributed by atoms with van der Waals surface area (Å²) < 4.78 is 21.5. The van der Waals surface area contributed by atoms with E-state index in [1.54, 1.807) is 28.4 Å². The highest BCUT2D eigenvalue weighted by molar-refractivity contribution is 5.79. The van der Waals surface area contributed by atoms with Gasteiger partial charge in [0.15, 0.2) is 17.5 Å². The molecule has 1 aromatic carbocycles. The Morgan fingerprint density at radius 1 is 1.00 bits per heavy atom. The van der Waals surface area contributed by atoms with Crippen LogP contribution in [-0.2, 0) is 11.3 Å². The fraction of sp³-hybridized carbons (Fsp3) is 0.611. The van der Waals surface area contributed by atoms with E-state index in [9.17, 15) is 0 Å². The van der Waals surface area contributed by atoms with Gasteiger partial charge in [-0.25, -0.2) is 0 Å². The third-order valence-corrected chi connectivity index (χ3v) is 3.67. The molecular formula is C18H31N3O4. The lowest BCUT2D eigenvalue weighted by Crippen LogP contribution is -2.37. The zero-order valence-electron chi connectivity index (χ0n) is 16.0. The Hall–Kier alpha value is -2.15. The molecule has 142 valence electrons. The van der Waals surface area contributed by atoms with E-state index in [4.69, 9.17) is 18.9 Å². The molecule has 0 amide bonds. The van der Waals surface area contributed by atoms with Crippen molar-refractivity contribution in [1.82, 2.24) is 10.6 Å². The Morgan fingerprint density at radius 2 is 1.76 bits per heavy atom. The summed E-state index contributed by atoms with van der Waals surface area (Å²) in [5, 5.41) is 6.57. The summed E-state index contributed by atoms with van der Waals surface area (Å²) in [7, 11) is 6.57. The van der Waals surface area contributed by atoms with Gasteiger partial charge in [0.2, 0.25) is 5.75 Å².